The second kappa shape index (κ2) is 6.74. The van der Waals surface area contributed by atoms with Gasteiger partial charge in [-0.05, 0) is 52.1 Å². The van der Waals surface area contributed by atoms with Gasteiger partial charge in [-0.25, -0.2) is 0 Å². The first-order chi connectivity index (χ1) is 9.14. The Balaban J connectivity index is 1.99. The van der Waals surface area contributed by atoms with Crippen molar-refractivity contribution in [1.82, 2.24) is 4.90 Å². The molecule has 2 aliphatic rings. The first-order valence-corrected chi connectivity index (χ1v) is 8.05. The summed E-state index contributed by atoms with van der Waals surface area (Å²) in [5, 5.41) is 0. The highest BCUT2D eigenvalue weighted by Gasteiger charge is 2.38. The predicted octanol–water partition coefficient (Wildman–Crippen LogP) is 3.37. The summed E-state index contributed by atoms with van der Waals surface area (Å²) >= 11 is 0. The molecule has 3 nitrogen and oxygen atoms in total. The number of hydrogen-bond donors (Lipinski definition) is 0. The molecule has 110 valence electrons. The molecule has 0 aromatic carbocycles. The van der Waals surface area contributed by atoms with Crippen LogP contribution in [0.3, 0.4) is 0 Å². The Morgan fingerprint density at radius 1 is 1.21 bits per heavy atom. The van der Waals surface area contributed by atoms with Gasteiger partial charge in [-0.1, -0.05) is 25.7 Å². The van der Waals surface area contributed by atoms with E-state index in [1.807, 2.05) is 6.92 Å². The summed E-state index contributed by atoms with van der Waals surface area (Å²) in [4.78, 5) is 14.5. The van der Waals surface area contributed by atoms with Gasteiger partial charge >= 0.3 is 5.97 Å². The van der Waals surface area contributed by atoms with Gasteiger partial charge in [0.25, 0.3) is 0 Å². The van der Waals surface area contributed by atoms with Crippen LogP contribution in [0.5, 0.6) is 0 Å². The van der Waals surface area contributed by atoms with Gasteiger partial charge in [-0.15, -0.1) is 0 Å². The minimum absolute atomic E-state index is 0.0186. The minimum Gasteiger partial charge on any atom is -0.466 e. The highest BCUT2D eigenvalue weighted by molar-refractivity contribution is 5.70. The van der Waals surface area contributed by atoms with E-state index < -0.39 is 0 Å². The maximum atomic E-state index is 11.9. The third kappa shape index (κ3) is 3.95. The molecule has 0 aromatic heterocycles. The van der Waals surface area contributed by atoms with Crippen molar-refractivity contribution in [3.8, 4) is 0 Å². The van der Waals surface area contributed by atoms with Crippen LogP contribution in [0.25, 0.3) is 0 Å². The van der Waals surface area contributed by atoms with E-state index in [4.69, 9.17) is 4.74 Å². The number of carbonyl (C=O) groups is 1. The van der Waals surface area contributed by atoms with Gasteiger partial charge in [-0.3, -0.25) is 9.69 Å². The Labute approximate surface area is 117 Å². The van der Waals surface area contributed by atoms with Crippen molar-refractivity contribution in [3.05, 3.63) is 0 Å². The molecule has 0 amide bonds. The lowest BCUT2D eigenvalue weighted by Crippen LogP contribution is -2.51. The standard InChI is InChI=1S/C16H29NO2/c1-3-19-15(18)13-16(2,12-14-8-7-9-14)17-10-5-4-6-11-17/h14H,3-13H2,1-2H3. The SMILES string of the molecule is CCOC(=O)CC(C)(CC1CCC1)N1CCCCC1. The molecular formula is C16H29NO2. The zero-order chi connectivity index (χ0) is 13.7. The van der Waals surface area contributed by atoms with Crippen LogP contribution in [0.4, 0.5) is 0 Å². The van der Waals surface area contributed by atoms with Crippen LogP contribution in [0.2, 0.25) is 0 Å². The number of carbonyl (C=O) groups excluding carboxylic acids is 1. The molecule has 1 aliphatic heterocycles. The molecule has 0 aromatic rings. The summed E-state index contributed by atoms with van der Waals surface area (Å²) in [5.74, 6) is 0.816. The first-order valence-electron chi connectivity index (χ1n) is 8.05. The fourth-order valence-electron chi connectivity index (χ4n) is 3.59. The Morgan fingerprint density at radius 2 is 1.89 bits per heavy atom. The molecule has 0 radical (unpaired) electrons. The van der Waals surface area contributed by atoms with E-state index >= 15 is 0 Å². The van der Waals surface area contributed by atoms with E-state index in [9.17, 15) is 4.79 Å². The van der Waals surface area contributed by atoms with Crippen molar-refractivity contribution in [2.75, 3.05) is 19.7 Å². The lowest BCUT2D eigenvalue weighted by atomic mass is 9.74. The molecule has 1 heterocycles. The molecule has 2 fully saturated rings. The summed E-state index contributed by atoms with van der Waals surface area (Å²) in [6.07, 6.45) is 9.73. The van der Waals surface area contributed by atoms with Crippen LogP contribution >= 0.6 is 0 Å². The van der Waals surface area contributed by atoms with Gasteiger partial charge in [0.2, 0.25) is 0 Å². The van der Waals surface area contributed by atoms with E-state index in [0.717, 1.165) is 19.0 Å². The van der Waals surface area contributed by atoms with Crippen molar-refractivity contribution < 1.29 is 9.53 Å². The zero-order valence-corrected chi connectivity index (χ0v) is 12.6. The Kier molecular flexibility index (Phi) is 5.26. The van der Waals surface area contributed by atoms with Gasteiger partial charge in [0.1, 0.15) is 0 Å². The highest BCUT2D eigenvalue weighted by atomic mass is 16.5. The summed E-state index contributed by atoms with van der Waals surface area (Å²) in [6, 6.07) is 0. The Morgan fingerprint density at radius 3 is 2.42 bits per heavy atom. The van der Waals surface area contributed by atoms with Gasteiger partial charge < -0.3 is 4.74 Å². The normalized spacial score (nSPS) is 24.5. The van der Waals surface area contributed by atoms with Crippen LogP contribution in [-0.4, -0.2) is 36.1 Å². The molecule has 2 rings (SSSR count). The fraction of sp³-hybridized carbons (Fsp3) is 0.938. The van der Waals surface area contributed by atoms with E-state index in [2.05, 4.69) is 11.8 Å². The second-order valence-corrected chi connectivity index (χ2v) is 6.53. The lowest BCUT2D eigenvalue weighted by molar-refractivity contribution is -0.147. The zero-order valence-electron chi connectivity index (χ0n) is 12.6. The summed E-state index contributed by atoms with van der Waals surface area (Å²) in [6.45, 7) is 6.99. The quantitative estimate of drug-likeness (QED) is 0.691. The Bertz CT molecular complexity index is 295. The number of hydrogen-bond acceptors (Lipinski definition) is 3. The minimum atomic E-state index is -0.0186. The molecule has 1 unspecified atom stereocenters. The number of likely N-dealkylation sites (tertiary alicyclic amines) is 1. The first kappa shape index (κ1) is 14.8. The van der Waals surface area contributed by atoms with Crippen molar-refractivity contribution >= 4 is 5.97 Å². The number of piperidine rings is 1. The molecule has 19 heavy (non-hydrogen) atoms. The average molecular weight is 267 g/mol. The maximum absolute atomic E-state index is 11.9. The van der Waals surface area contributed by atoms with E-state index in [1.165, 1.54) is 44.9 Å². The maximum Gasteiger partial charge on any atom is 0.307 e. The third-order valence-electron chi connectivity index (χ3n) is 4.90. The average Bonchev–Trinajstić information content (AvgIpc) is 2.35. The molecular weight excluding hydrogens is 238 g/mol. The molecule has 3 heteroatoms. The van der Waals surface area contributed by atoms with Crippen LogP contribution < -0.4 is 0 Å². The molecule has 1 aliphatic carbocycles. The lowest BCUT2D eigenvalue weighted by Gasteiger charge is -2.46. The highest BCUT2D eigenvalue weighted by Crippen LogP contribution is 2.38. The molecule has 1 saturated heterocycles. The van der Waals surface area contributed by atoms with E-state index in [-0.39, 0.29) is 11.5 Å². The number of ether oxygens (including phenoxy) is 1. The molecule has 0 spiro atoms. The van der Waals surface area contributed by atoms with Crippen LogP contribution in [0.1, 0.15) is 65.2 Å². The third-order valence-corrected chi connectivity index (χ3v) is 4.90. The molecule has 0 N–H and O–H groups in total. The molecule has 0 bridgehead atoms. The fourth-order valence-corrected chi connectivity index (χ4v) is 3.59. The second-order valence-electron chi connectivity index (χ2n) is 6.53. The van der Waals surface area contributed by atoms with Crippen molar-refractivity contribution in [1.29, 1.82) is 0 Å². The Hall–Kier alpha value is -0.570. The van der Waals surface area contributed by atoms with Crippen LogP contribution in [0, 0.1) is 5.92 Å². The summed E-state index contributed by atoms with van der Waals surface area (Å²) in [7, 11) is 0. The number of esters is 1. The van der Waals surface area contributed by atoms with Gasteiger partial charge in [0, 0.05) is 5.54 Å². The molecule has 1 saturated carbocycles. The predicted molar refractivity (Wildman–Crippen MR) is 77.0 cm³/mol. The number of rotatable bonds is 6. The van der Waals surface area contributed by atoms with Gasteiger partial charge in [0.15, 0.2) is 0 Å². The van der Waals surface area contributed by atoms with Crippen molar-refractivity contribution in [3.63, 3.8) is 0 Å². The summed E-state index contributed by atoms with van der Waals surface area (Å²) in [5.41, 5.74) is 0.0256. The van der Waals surface area contributed by atoms with E-state index in [1.54, 1.807) is 0 Å². The summed E-state index contributed by atoms with van der Waals surface area (Å²) < 4.78 is 5.20. The van der Waals surface area contributed by atoms with E-state index in [0.29, 0.717) is 13.0 Å². The number of nitrogens with zero attached hydrogens (tertiary/aromatic N) is 1. The van der Waals surface area contributed by atoms with Gasteiger partial charge in [0.05, 0.1) is 13.0 Å². The van der Waals surface area contributed by atoms with Crippen LogP contribution in [-0.2, 0) is 9.53 Å². The van der Waals surface area contributed by atoms with Crippen molar-refractivity contribution in [2.45, 2.75) is 70.8 Å². The topological polar surface area (TPSA) is 29.5 Å². The van der Waals surface area contributed by atoms with Gasteiger partial charge in [-0.2, -0.15) is 0 Å². The monoisotopic (exact) mass is 267 g/mol. The van der Waals surface area contributed by atoms with Crippen LogP contribution in [0.15, 0.2) is 0 Å². The molecule has 1 atom stereocenters. The smallest absolute Gasteiger partial charge is 0.307 e. The largest absolute Gasteiger partial charge is 0.466 e. The van der Waals surface area contributed by atoms with Crippen molar-refractivity contribution in [2.24, 2.45) is 5.92 Å².